The fraction of sp³-hybridized carbons (Fsp3) is 0.125. The summed E-state index contributed by atoms with van der Waals surface area (Å²) >= 11 is 5.48. The van der Waals surface area contributed by atoms with Gasteiger partial charge in [-0.25, -0.2) is 4.39 Å². The normalized spacial score (nSPS) is 10.7. The van der Waals surface area contributed by atoms with E-state index in [0.29, 0.717) is 5.56 Å². The molecule has 0 aromatic heterocycles. The smallest absolute Gasteiger partial charge is 0.145 e. The number of nitrogens with zero attached hydrogens (tertiary/aromatic N) is 1. The van der Waals surface area contributed by atoms with Crippen molar-refractivity contribution in [2.45, 2.75) is 0 Å². The van der Waals surface area contributed by atoms with E-state index in [2.05, 4.69) is 9.99 Å². The van der Waals surface area contributed by atoms with Crippen LogP contribution in [0, 0.1) is 5.82 Å². The molecule has 3 nitrogen and oxygen atoms in total. The van der Waals surface area contributed by atoms with Crippen LogP contribution in [-0.2, 0) is 4.84 Å². The van der Waals surface area contributed by atoms with Crippen molar-refractivity contribution >= 4 is 17.8 Å². The summed E-state index contributed by atoms with van der Waals surface area (Å²) in [6, 6.07) is 2.17. The molecule has 0 saturated carbocycles. The molecule has 13 heavy (non-hydrogen) atoms. The van der Waals surface area contributed by atoms with E-state index < -0.39 is 5.82 Å². The number of halogens is 2. The number of oxime groups is 1. The highest BCUT2D eigenvalue weighted by molar-refractivity contribution is 6.31. The molecule has 0 amide bonds. The van der Waals surface area contributed by atoms with Crippen molar-refractivity contribution in [3.05, 3.63) is 28.5 Å². The number of phenols is 1. The first-order valence-corrected chi connectivity index (χ1v) is 3.77. The first-order chi connectivity index (χ1) is 6.15. The lowest BCUT2D eigenvalue weighted by Crippen LogP contribution is -1.86. The molecule has 1 rings (SSSR count). The Morgan fingerprint density at radius 2 is 2.31 bits per heavy atom. The second-order valence-electron chi connectivity index (χ2n) is 2.24. The van der Waals surface area contributed by atoms with Gasteiger partial charge in [-0.3, -0.25) is 0 Å². The molecule has 1 aromatic rings. The minimum absolute atomic E-state index is 0.0737. The van der Waals surface area contributed by atoms with Crippen LogP contribution in [-0.4, -0.2) is 18.4 Å². The molecule has 5 heteroatoms. The van der Waals surface area contributed by atoms with Crippen LogP contribution in [0.1, 0.15) is 5.56 Å². The summed E-state index contributed by atoms with van der Waals surface area (Å²) in [4.78, 5) is 4.39. The third-order valence-corrected chi connectivity index (χ3v) is 1.66. The standard InChI is InChI=1S/C8H7ClFNO2/c1-13-11-4-5-2-6(9)7(10)3-8(5)12/h2-4,12H,1H3/b11-4+. The molecule has 0 radical (unpaired) electrons. The Labute approximate surface area is 79.4 Å². The number of hydrogen-bond donors (Lipinski definition) is 1. The fourth-order valence-corrected chi connectivity index (χ4v) is 0.937. The minimum atomic E-state index is -0.672. The molecule has 0 aliphatic carbocycles. The zero-order chi connectivity index (χ0) is 9.84. The molecule has 0 atom stereocenters. The van der Waals surface area contributed by atoms with E-state index in [9.17, 15) is 9.50 Å². The van der Waals surface area contributed by atoms with Crippen molar-refractivity contribution in [3.63, 3.8) is 0 Å². The lowest BCUT2D eigenvalue weighted by atomic mass is 10.2. The van der Waals surface area contributed by atoms with Crippen molar-refractivity contribution in [2.24, 2.45) is 5.16 Å². The zero-order valence-corrected chi connectivity index (χ0v) is 7.55. The van der Waals surface area contributed by atoms with E-state index in [-0.39, 0.29) is 10.8 Å². The summed E-state index contributed by atoms with van der Waals surface area (Å²) in [5.74, 6) is -0.906. The maximum Gasteiger partial charge on any atom is 0.145 e. The Bertz CT molecular complexity index is 341. The lowest BCUT2D eigenvalue weighted by Gasteiger charge is -1.99. The van der Waals surface area contributed by atoms with Crippen LogP contribution in [0.4, 0.5) is 4.39 Å². The molecular formula is C8H7ClFNO2. The molecule has 0 bridgehead atoms. The number of rotatable bonds is 2. The van der Waals surface area contributed by atoms with Gasteiger partial charge in [-0.15, -0.1) is 0 Å². The summed E-state index contributed by atoms with van der Waals surface area (Å²) in [5.41, 5.74) is 0.299. The highest BCUT2D eigenvalue weighted by atomic mass is 35.5. The SMILES string of the molecule is CO/N=C/c1cc(Cl)c(F)cc1O. The van der Waals surface area contributed by atoms with Gasteiger partial charge in [-0.2, -0.15) is 0 Å². The van der Waals surface area contributed by atoms with Gasteiger partial charge in [-0.1, -0.05) is 16.8 Å². The highest BCUT2D eigenvalue weighted by Crippen LogP contribution is 2.23. The molecule has 0 heterocycles. The Kier molecular flexibility index (Phi) is 3.08. The number of phenolic OH excluding ortho intramolecular Hbond substituents is 1. The van der Waals surface area contributed by atoms with E-state index in [1.807, 2.05) is 0 Å². The summed E-state index contributed by atoms with van der Waals surface area (Å²) in [6.45, 7) is 0. The molecule has 0 unspecified atom stereocenters. The molecule has 1 N–H and O–H groups in total. The Balaban J connectivity index is 3.08. The van der Waals surface area contributed by atoms with Crippen LogP contribution in [0.2, 0.25) is 5.02 Å². The molecule has 1 aromatic carbocycles. The second kappa shape index (κ2) is 4.09. The predicted molar refractivity (Wildman–Crippen MR) is 47.7 cm³/mol. The fourth-order valence-electron chi connectivity index (χ4n) is 0.765. The number of hydrogen-bond acceptors (Lipinski definition) is 3. The lowest BCUT2D eigenvalue weighted by molar-refractivity contribution is 0.215. The Morgan fingerprint density at radius 1 is 1.62 bits per heavy atom. The molecule has 70 valence electrons. The topological polar surface area (TPSA) is 41.8 Å². The van der Waals surface area contributed by atoms with Crippen molar-refractivity contribution in [1.82, 2.24) is 0 Å². The van der Waals surface area contributed by atoms with Gasteiger partial charge in [0.1, 0.15) is 18.7 Å². The van der Waals surface area contributed by atoms with Gasteiger partial charge in [0.15, 0.2) is 0 Å². The summed E-state index contributed by atoms with van der Waals surface area (Å²) < 4.78 is 12.7. The highest BCUT2D eigenvalue weighted by Gasteiger charge is 2.05. The van der Waals surface area contributed by atoms with E-state index >= 15 is 0 Å². The molecule has 0 fully saturated rings. The van der Waals surface area contributed by atoms with E-state index in [1.54, 1.807) is 0 Å². The Hall–Kier alpha value is -1.29. The monoisotopic (exact) mass is 203 g/mol. The van der Waals surface area contributed by atoms with Crippen molar-refractivity contribution in [2.75, 3.05) is 7.11 Å². The minimum Gasteiger partial charge on any atom is -0.507 e. The average Bonchev–Trinajstić information content (AvgIpc) is 2.09. The molecule has 0 saturated heterocycles. The molecule has 0 aliphatic rings. The molecule has 0 spiro atoms. The van der Waals surface area contributed by atoms with Crippen LogP contribution in [0.25, 0.3) is 0 Å². The first kappa shape index (κ1) is 9.80. The predicted octanol–water partition coefficient (Wildman–Crippen LogP) is 2.17. The van der Waals surface area contributed by atoms with Crippen LogP contribution in [0.5, 0.6) is 5.75 Å². The Morgan fingerprint density at radius 3 is 2.92 bits per heavy atom. The van der Waals surface area contributed by atoms with Crippen molar-refractivity contribution < 1.29 is 14.3 Å². The van der Waals surface area contributed by atoms with Crippen LogP contribution in [0.15, 0.2) is 17.3 Å². The van der Waals surface area contributed by atoms with Crippen molar-refractivity contribution in [3.8, 4) is 5.75 Å². The van der Waals surface area contributed by atoms with E-state index in [0.717, 1.165) is 6.07 Å². The zero-order valence-electron chi connectivity index (χ0n) is 6.79. The largest absolute Gasteiger partial charge is 0.507 e. The summed E-state index contributed by atoms with van der Waals surface area (Å²) in [7, 11) is 1.36. The van der Waals surface area contributed by atoms with Gasteiger partial charge in [0.2, 0.25) is 0 Å². The van der Waals surface area contributed by atoms with Crippen LogP contribution in [0.3, 0.4) is 0 Å². The van der Waals surface area contributed by atoms with Gasteiger partial charge in [-0.05, 0) is 6.07 Å². The van der Waals surface area contributed by atoms with Gasteiger partial charge in [0.25, 0.3) is 0 Å². The van der Waals surface area contributed by atoms with Crippen LogP contribution >= 0.6 is 11.6 Å². The van der Waals surface area contributed by atoms with Crippen molar-refractivity contribution in [1.29, 1.82) is 0 Å². The van der Waals surface area contributed by atoms with E-state index in [1.165, 1.54) is 19.4 Å². The van der Waals surface area contributed by atoms with Gasteiger partial charge in [0.05, 0.1) is 11.2 Å². The third-order valence-electron chi connectivity index (χ3n) is 1.37. The van der Waals surface area contributed by atoms with Crippen LogP contribution < -0.4 is 0 Å². The van der Waals surface area contributed by atoms with Gasteiger partial charge >= 0.3 is 0 Å². The van der Waals surface area contributed by atoms with Gasteiger partial charge in [0, 0.05) is 11.6 Å². The summed E-state index contributed by atoms with van der Waals surface area (Å²) in [5, 5.41) is 12.5. The molecular weight excluding hydrogens is 197 g/mol. The quantitative estimate of drug-likeness (QED) is 0.591. The molecule has 0 aliphatic heterocycles. The first-order valence-electron chi connectivity index (χ1n) is 3.39. The second-order valence-corrected chi connectivity index (χ2v) is 2.65. The van der Waals surface area contributed by atoms with E-state index in [4.69, 9.17) is 11.6 Å². The maximum atomic E-state index is 12.7. The number of benzene rings is 1. The third kappa shape index (κ3) is 2.32. The maximum absolute atomic E-state index is 12.7. The number of aromatic hydroxyl groups is 1. The summed E-state index contributed by atoms with van der Waals surface area (Å²) in [6.07, 6.45) is 1.24. The van der Waals surface area contributed by atoms with Gasteiger partial charge < -0.3 is 9.94 Å². The average molecular weight is 204 g/mol.